The molecule has 1 N–H and O–H groups in total. The van der Waals surface area contributed by atoms with Gasteiger partial charge in [0.1, 0.15) is 5.76 Å². The quantitative estimate of drug-likeness (QED) is 0.727. The summed E-state index contributed by atoms with van der Waals surface area (Å²) in [6.07, 6.45) is 6.79. The second-order valence-corrected chi connectivity index (χ2v) is 6.69. The minimum absolute atomic E-state index is 0.0356. The molecule has 7 nitrogen and oxygen atoms in total. The molecule has 1 amide bonds. The van der Waals surface area contributed by atoms with Crippen LogP contribution in [0, 0.1) is 0 Å². The van der Waals surface area contributed by atoms with Crippen molar-refractivity contribution in [2.45, 2.75) is 25.3 Å². The Kier molecular flexibility index (Phi) is 5.29. The first kappa shape index (κ1) is 17.5. The second-order valence-electron chi connectivity index (χ2n) is 6.69. The molecule has 1 unspecified atom stereocenters. The summed E-state index contributed by atoms with van der Waals surface area (Å²) in [6.45, 7) is 2.52. The number of carbonyl (C=O) groups is 1. The minimum Gasteiger partial charge on any atom is -0.468 e. The van der Waals surface area contributed by atoms with Gasteiger partial charge in [0.25, 0.3) is 5.91 Å². The zero-order chi connectivity index (χ0) is 18.5. The predicted octanol–water partition coefficient (Wildman–Crippen LogP) is 2.82. The number of amides is 1. The molecule has 0 aliphatic carbocycles. The summed E-state index contributed by atoms with van der Waals surface area (Å²) in [5, 5.41) is 11.5. The van der Waals surface area contributed by atoms with Gasteiger partial charge in [-0.05, 0) is 50.2 Å². The molecule has 3 heterocycles. The van der Waals surface area contributed by atoms with Crippen molar-refractivity contribution in [3.63, 3.8) is 0 Å². The van der Waals surface area contributed by atoms with Gasteiger partial charge in [-0.2, -0.15) is 9.90 Å². The molecule has 1 aromatic carbocycles. The van der Waals surface area contributed by atoms with E-state index in [0.29, 0.717) is 12.2 Å². The zero-order valence-electron chi connectivity index (χ0n) is 15.1. The van der Waals surface area contributed by atoms with Crippen LogP contribution in [0.2, 0.25) is 0 Å². The topological polar surface area (TPSA) is 76.2 Å². The average molecular weight is 365 g/mol. The van der Waals surface area contributed by atoms with Gasteiger partial charge in [-0.3, -0.25) is 9.69 Å². The van der Waals surface area contributed by atoms with E-state index in [1.54, 1.807) is 6.26 Å². The molecule has 1 saturated heterocycles. The van der Waals surface area contributed by atoms with Crippen molar-refractivity contribution >= 4 is 5.91 Å². The van der Waals surface area contributed by atoms with E-state index in [-0.39, 0.29) is 11.9 Å². The van der Waals surface area contributed by atoms with Crippen LogP contribution in [0.1, 0.15) is 41.6 Å². The van der Waals surface area contributed by atoms with Crippen molar-refractivity contribution in [2.24, 2.45) is 0 Å². The van der Waals surface area contributed by atoms with Gasteiger partial charge in [0, 0.05) is 6.54 Å². The Morgan fingerprint density at radius 3 is 2.67 bits per heavy atom. The number of nitrogens with zero attached hydrogens (tertiary/aromatic N) is 4. The van der Waals surface area contributed by atoms with Gasteiger partial charge in [0.05, 0.1) is 24.2 Å². The molecule has 140 valence electrons. The summed E-state index contributed by atoms with van der Waals surface area (Å²) < 4.78 is 5.62. The Bertz CT molecular complexity index is 854. The van der Waals surface area contributed by atoms with Crippen LogP contribution in [0.15, 0.2) is 59.3 Å². The van der Waals surface area contributed by atoms with E-state index in [9.17, 15) is 4.79 Å². The first-order valence-electron chi connectivity index (χ1n) is 9.35. The molecular formula is C20H23N5O2. The average Bonchev–Trinajstić information content (AvgIpc) is 3.42. The second kappa shape index (κ2) is 8.18. The lowest BCUT2D eigenvalue weighted by molar-refractivity contribution is 0.0909. The van der Waals surface area contributed by atoms with Crippen molar-refractivity contribution in [1.29, 1.82) is 0 Å². The highest BCUT2D eigenvalue weighted by Crippen LogP contribution is 2.24. The highest BCUT2D eigenvalue weighted by Gasteiger charge is 2.25. The van der Waals surface area contributed by atoms with Crippen LogP contribution >= 0.6 is 0 Å². The van der Waals surface area contributed by atoms with Crippen molar-refractivity contribution in [1.82, 2.24) is 25.2 Å². The SMILES string of the molecule is O=C(NCC(c1ccco1)N1CCCCC1)c1cnn(-c2ccccc2)n1. The van der Waals surface area contributed by atoms with Crippen LogP contribution in [0.5, 0.6) is 0 Å². The Morgan fingerprint density at radius 1 is 1.11 bits per heavy atom. The molecule has 27 heavy (non-hydrogen) atoms. The van der Waals surface area contributed by atoms with E-state index in [1.165, 1.54) is 30.3 Å². The molecule has 0 saturated carbocycles. The summed E-state index contributed by atoms with van der Waals surface area (Å²) >= 11 is 0. The number of para-hydroxylation sites is 1. The number of furan rings is 1. The standard InChI is InChI=1S/C20H23N5O2/c26-20(17-14-22-25(23-17)16-8-3-1-4-9-16)21-15-18(19-10-7-13-27-19)24-11-5-2-6-12-24/h1,3-4,7-10,13-14,18H,2,5-6,11-12,15H2,(H,21,26). The maximum absolute atomic E-state index is 12.6. The van der Waals surface area contributed by atoms with Gasteiger partial charge < -0.3 is 9.73 Å². The Hall–Kier alpha value is -2.93. The molecule has 1 aliphatic heterocycles. The zero-order valence-corrected chi connectivity index (χ0v) is 15.1. The fourth-order valence-corrected chi connectivity index (χ4v) is 3.45. The summed E-state index contributed by atoms with van der Waals surface area (Å²) in [5.41, 5.74) is 1.12. The third-order valence-electron chi connectivity index (χ3n) is 4.87. The van der Waals surface area contributed by atoms with Crippen LogP contribution in [0.4, 0.5) is 0 Å². The molecular weight excluding hydrogens is 342 g/mol. The van der Waals surface area contributed by atoms with E-state index in [4.69, 9.17) is 4.42 Å². The number of piperidine rings is 1. The highest BCUT2D eigenvalue weighted by molar-refractivity contribution is 5.91. The van der Waals surface area contributed by atoms with Crippen molar-refractivity contribution in [3.8, 4) is 5.69 Å². The van der Waals surface area contributed by atoms with E-state index in [2.05, 4.69) is 20.4 Å². The van der Waals surface area contributed by atoms with Crippen molar-refractivity contribution in [3.05, 3.63) is 66.4 Å². The highest BCUT2D eigenvalue weighted by atomic mass is 16.3. The number of likely N-dealkylation sites (tertiary alicyclic amines) is 1. The molecule has 1 atom stereocenters. The Balaban J connectivity index is 1.43. The molecule has 3 aromatic rings. The first-order valence-corrected chi connectivity index (χ1v) is 9.35. The van der Waals surface area contributed by atoms with E-state index in [0.717, 1.165) is 24.5 Å². The van der Waals surface area contributed by atoms with Gasteiger partial charge in [0.15, 0.2) is 5.69 Å². The van der Waals surface area contributed by atoms with Gasteiger partial charge in [-0.15, -0.1) is 5.10 Å². The van der Waals surface area contributed by atoms with E-state index < -0.39 is 0 Å². The van der Waals surface area contributed by atoms with E-state index in [1.807, 2.05) is 42.5 Å². The fourth-order valence-electron chi connectivity index (χ4n) is 3.45. The summed E-state index contributed by atoms with van der Waals surface area (Å²) in [5.74, 6) is 0.649. The van der Waals surface area contributed by atoms with Gasteiger partial charge in [-0.25, -0.2) is 0 Å². The number of rotatable bonds is 6. The first-order chi connectivity index (χ1) is 13.3. The lowest BCUT2D eigenvalue weighted by Gasteiger charge is -2.33. The molecule has 0 bridgehead atoms. The summed E-state index contributed by atoms with van der Waals surface area (Å²) in [6, 6.07) is 13.4. The molecule has 1 fully saturated rings. The smallest absolute Gasteiger partial charge is 0.273 e. The number of nitrogens with one attached hydrogen (secondary N) is 1. The molecule has 1 aliphatic rings. The van der Waals surface area contributed by atoms with Crippen molar-refractivity contribution < 1.29 is 9.21 Å². The van der Waals surface area contributed by atoms with Gasteiger partial charge in [-0.1, -0.05) is 24.6 Å². The fraction of sp³-hybridized carbons (Fsp3) is 0.350. The van der Waals surface area contributed by atoms with Crippen molar-refractivity contribution in [2.75, 3.05) is 19.6 Å². The molecule has 4 rings (SSSR count). The largest absolute Gasteiger partial charge is 0.468 e. The number of aromatic nitrogens is 3. The lowest BCUT2D eigenvalue weighted by Crippen LogP contribution is -2.40. The van der Waals surface area contributed by atoms with Gasteiger partial charge in [0.2, 0.25) is 0 Å². The normalized spacial score (nSPS) is 16.1. The molecule has 0 radical (unpaired) electrons. The van der Waals surface area contributed by atoms with Crippen LogP contribution in [0.3, 0.4) is 0 Å². The third-order valence-corrected chi connectivity index (χ3v) is 4.87. The monoisotopic (exact) mass is 365 g/mol. The van der Waals surface area contributed by atoms with Crippen LogP contribution in [0.25, 0.3) is 5.69 Å². The maximum atomic E-state index is 12.6. The number of benzene rings is 1. The maximum Gasteiger partial charge on any atom is 0.273 e. The number of carbonyl (C=O) groups excluding carboxylic acids is 1. The Labute approximate surface area is 158 Å². The molecule has 7 heteroatoms. The molecule has 0 spiro atoms. The van der Waals surface area contributed by atoms with Crippen LogP contribution < -0.4 is 5.32 Å². The summed E-state index contributed by atoms with van der Waals surface area (Å²) in [7, 11) is 0. The van der Waals surface area contributed by atoms with Gasteiger partial charge >= 0.3 is 0 Å². The summed E-state index contributed by atoms with van der Waals surface area (Å²) in [4.78, 5) is 16.4. The molecule has 2 aromatic heterocycles. The predicted molar refractivity (Wildman–Crippen MR) is 101 cm³/mol. The van der Waals surface area contributed by atoms with E-state index >= 15 is 0 Å². The third kappa shape index (κ3) is 4.09. The Morgan fingerprint density at radius 2 is 1.93 bits per heavy atom. The lowest BCUT2D eigenvalue weighted by atomic mass is 10.1. The number of hydrogen-bond donors (Lipinski definition) is 1. The minimum atomic E-state index is -0.231. The van der Waals surface area contributed by atoms with Crippen LogP contribution in [-0.2, 0) is 0 Å². The van der Waals surface area contributed by atoms with Crippen LogP contribution in [-0.4, -0.2) is 45.4 Å². The number of hydrogen-bond acceptors (Lipinski definition) is 5.